The molecule has 104 valence electrons. The first-order valence-electron chi connectivity index (χ1n) is 6.31. The molecule has 0 saturated carbocycles. The molecule has 3 aromatic rings. The zero-order valence-corrected chi connectivity index (χ0v) is 11.0. The van der Waals surface area contributed by atoms with Gasteiger partial charge >= 0.3 is 6.09 Å². The molecule has 0 spiro atoms. The highest BCUT2D eigenvalue weighted by Crippen LogP contribution is 2.12. The predicted molar refractivity (Wildman–Crippen MR) is 80.0 cm³/mol. The SMILES string of the molecule is O=C(O)Nc1nc2cccc(/C=C/c3ccccc3)n2n1. The summed E-state index contributed by atoms with van der Waals surface area (Å²) < 4.78 is 1.59. The van der Waals surface area contributed by atoms with E-state index in [0.717, 1.165) is 11.3 Å². The molecule has 0 fully saturated rings. The molecule has 0 bridgehead atoms. The lowest BCUT2D eigenvalue weighted by atomic mass is 10.2. The van der Waals surface area contributed by atoms with Gasteiger partial charge in [0.1, 0.15) is 0 Å². The average Bonchev–Trinajstić information content (AvgIpc) is 2.88. The molecular weight excluding hydrogens is 268 g/mol. The van der Waals surface area contributed by atoms with Gasteiger partial charge in [-0.05, 0) is 23.8 Å². The third-order valence-electron chi connectivity index (χ3n) is 2.85. The fraction of sp³-hybridized carbons (Fsp3) is 0. The number of carboxylic acid groups (broad SMARTS) is 1. The minimum atomic E-state index is -1.19. The Labute approximate surface area is 120 Å². The van der Waals surface area contributed by atoms with E-state index in [1.165, 1.54) is 0 Å². The van der Waals surface area contributed by atoms with Gasteiger partial charge in [0, 0.05) is 0 Å². The van der Waals surface area contributed by atoms with Crippen LogP contribution in [0.15, 0.2) is 48.5 Å². The molecule has 0 aliphatic rings. The second kappa shape index (κ2) is 5.46. The van der Waals surface area contributed by atoms with Crippen molar-refractivity contribution in [1.82, 2.24) is 14.6 Å². The number of fused-ring (bicyclic) bond motifs is 1. The van der Waals surface area contributed by atoms with Crippen molar-refractivity contribution in [3.05, 3.63) is 59.8 Å². The molecular formula is C15H12N4O2. The summed E-state index contributed by atoms with van der Waals surface area (Å²) in [6.07, 6.45) is 2.68. The highest BCUT2D eigenvalue weighted by Gasteiger charge is 2.07. The van der Waals surface area contributed by atoms with Crippen molar-refractivity contribution in [2.45, 2.75) is 0 Å². The Hall–Kier alpha value is -3.15. The zero-order valence-electron chi connectivity index (χ0n) is 11.0. The first-order valence-corrected chi connectivity index (χ1v) is 6.31. The molecule has 0 atom stereocenters. The van der Waals surface area contributed by atoms with Gasteiger partial charge < -0.3 is 5.11 Å². The lowest BCUT2D eigenvalue weighted by Gasteiger charge is -1.97. The van der Waals surface area contributed by atoms with Crippen LogP contribution >= 0.6 is 0 Å². The van der Waals surface area contributed by atoms with E-state index >= 15 is 0 Å². The minimum Gasteiger partial charge on any atom is -0.465 e. The summed E-state index contributed by atoms with van der Waals surface area (Å²) in [7, 11) is 0. The van der Waals surface area contributed by atoms with Crippen LogP contribution in [0.1, 0.15) is 11.3 Å². The van der Waals surface area contributed by atoms with Crippen molar-refractivity contribution in [2.24, 2.45) is 0 Å². The number of hydrogen-bond acceptors (Lipinski definition) is 3. The second-order valence-electron chi connectivity index (χ2n) is 4.33. The van der Waals surface area contributed by atoms with Crippen molar-refractivity contribution in [2.75, 3.05) is 5.32 Å². The Morgan fingerprint density at radius 2 is 1.90 bits per heavy atom. The van der Waals surface area contributed by atoms with Crippen molar-refractivity contribution in [3.8, 4) is 0 Å². The number of rotatable bonds is 3. The molecule has 0 radical (unpaired) electrons. The van der Waals surface area contributed by atoms with Crippen LogP contribution in [-0.2, 0) is 0 Å². The Balaban J connectivity index is 1.97. The number of amides is 1. The van der Waals surface area contributed by atoms with Crippen LogP contribution in [0.25, 0.3) is 17.8 Å². The van der Waals surface area contributed by atoms with Crippen LogP contribution in [0.4, 0.5) is 10.7 Å². The first kappa shape index (κ1) is 12.9. The highest BCUT2D eigenvalue weighted by atomic mass is 16.4. The maximum atomic E-state index is 10.6. The molecule has 1 amide bonds. The third-order valence-corrected chi connectivity index (χ3v) is 2.85. The van der Waals surface area contributed by atoms with Gasteiger partial charge in [-0.2, -0.15) is 4.98 Å². The van der Waals surface area contributed by atoms with Crippen LogP contribution in [0.5, 0.6) is 0 Å². The van der Waals surface area contributed by atoms with E-state index in [-0.39, 0.29) is 5.95 Å². The van der Waals surface area contributed by atoms with Gasteiger partial charge in [-0.3, -0.25) is 5.32 Å². The summed E-state index contributed by atoms with van der Waals surface area (Å²) >= 11 is 0. The number of aromatic nitrogens is 3. The van der Waals surface area contributed by atoms with Crippen molar-refractivity contribution >= 4 is 29.8 Å². The molecule has 0 aliphatic carbocycles. The number of anilines is 1. The molecule has 2 aromatic heterocycles. The van der Waals surface area contributed by atoms with E-state index in [0.29, 0.717) is 5.65 Å². The largest absolute Gasteiger partial charge is 0.465 e. The van der Waals surface area contributed by atoms with Crippen LogP contribution in [-0.4, -0.2) is 25.8 Å². The highest BCUT2D eigenvalue weighted by molar-refractivity contribution is 5.80. The van der Waals surface area contributed by atoms with Gasteiger partial charge in [-0.15, -0.1) is 5.10 Å². The third kappa shape index (κ3) is 2.89. The van der Waals surface area contributed by atoms with Gasteiger partial charge in [0.15, 0.2) is 5.65 Å². The average molecular weight is 280 g/mol. The number of pyridine rings is 1. The lowest BCUT2D eigenvalue weighted by Crippen LogP contribution is -2.08. The van der Waals surface area contributed by atoms with Crippen molar-refractivity contribution in [1.29, 1.82) is 0 Å². The summed E-state index contributed by atoms with van der Waals surface area (Å²) in [6.45, 7) is 0. The molecule has 2 N–H and O–H groups in total. The number of benzene rings is 1. The molecule has 1 aromatic carbocycles. The quantitative estimate of drug-likeness (QED) is 0.773. The predicted octanol–water partition coefficient (Wildman–Crippen LogP) is 2.99. The number of hydrogen-bond donors (Lipinski definition) is 2. The van der Waals surface area contributed by atoms with Gasteiger partial charge in [-0.25, -0.2) is 9.31 Å². The monoisotopic (exact) mass is 280 g/mol. The molecule has 3 rings (SSSR count). The normalized spacial score (nSPS) is 11.0. The summed E-state index contributed by atoms with van der Waals surface area (Å²) in [6, 6.07) is 15.4. The van der Waals surface area contributed by atoms with Crippen LogP contribution in [0.3, 0.4) is 0 Å². The maximum absolute atomic E-state index is 10.6. The minimum absolute atomic E-state index is 0.0584. The standard InChI is InChI=1S/C15H12N4O2/c20-15(21)17-14-16-13-8-4-7-12(19(13)18-14)10-9-11-5-2-1-3-6-11/h1-10H,(H,17,18)(H,20,21)/b10-9+. The van der Waals surface area contributed by atoms with E-state index in [4.69, 9.17) is 5.11 Å². The maximum Gasteiger partial charge on any atom is 0.411 e. The zero-order chi connectivity index (χ0) is 14.7. The second-order valence-corrected chi connectivity index (χ2v) is 4.33. The Morgan fingerprint density at radius 3 is 2.67 bits per heavy atom. The smallest absolute Gasteiger partial charge is 0.411 e. The van der Waals surface area contributed by atoms with Crippen molar-refractivity contribution < 1.29 is 9.90 Å². The number of nitrogens with zero attached hydrogens (tertiary/aromatic N) is 3. The van der Waals surface area contributed by atoms with E-state index in [1.807, 2.05) is 54.6 Å². The topological polar surface area (TPSA) is 79.5 Å². The van der Waals surface area contributed by atoms with Crippen LogP contribution in [0.2, 0.25) is 0 Å². The lowest BCUT2D eigenvalue weighted by molar-refractivity contribution is 0.209. The van der Waals surface area contributed by atoms with Crippen molar-refractivity contribution in [3.63, 3.8) is 0 Å². The Kier molecular flexibility index (Phi) is 3.34. The molecule has 21 heavy (non-hydrogen) atoms. The fourth-order valence-corrected chi connectivity index (χ4v) is 1.95. The molecule has 6 nitrogen and oxygen atoms in total. The fourth-order valence-electron chi connectivity index (χ4n) is 1.95. The number of nitrogens with one attached hydrogen (secondary N) is 1. The van der Waals surface area contributed by atoms with Crippen LogP contribution < -0.4 is 5.32 Å². The Bertz CT molecular complexity index is 809. The molecule has 6 heteroatoms. The van der Waals surface area contributed by atoms with Gasteiger partial charge in [0.2, 0.25) is 0 Å². The van der Waals surface area contributed by atoms with E-state index in [1.54, 1.807) is 10.6 Å². The molecule has 0 saturated heterocycles. The van der Waals surface area contributed by atoms with Crippen LogP contribution in [0, 0.1) is 0 Å². The van der Waals surface area contributed by atoms with E-state index in [9.17, 15) is 4.79 Å². The number of carbonyl (C=O) groups is 1. The summed E-state index contributed by atoms with van der Waals surface area (Å²) in [4.78, 5) is 14.7. The van der Waals surface area contributed by atoms with Gasteiger partial charge in [-0.1, -0.05) is 42.5 Å². The van der Waals surface area contributed by atoms with E-state index < -0.39 is 6.09 Å². The summed E-state index contributed by atoms with van der Waals surface area (Å²) in [5, 5.41) is 15.0. The summed E-state index contributed by atoms with van der Waals surface area (Å²) in [5.74, 6) is 0.0584. The van der Waals surface area contributed by atoms with E-state index in [2.05, 4.69) is 15.4 Å². The van der Waals surface area contributed by atoms with Gasteiger partial charge in [0.25, 0.3) is 5.95 Å². The summed E-state index contributed by atoms with van der Waals surface area (Å²) in [5.41, 5.74) is 2.45. The molecule has 0 aliphatic heterocycles. The van der Waals surface area contributed by atoms with Gasteiger partial charge in [0.05, 0.1) is 5.69 Å². The first-order chi connectivity index (χ1) is 10.2. The molecule has 0 unspecified atom stereocenters. The molecule has 2 heterocycles. The Morgan fingerprint density at radius 1 is 1.10 bits per heavy atom.